The molecule has 0 aliphatic carbocycles. The van der Waals surface area contributed by atoms with E-state index in [-0.39, 0.29) is 0 Å². The van der Waals surface area contributed by atoms with E-state index in [1.54, 1.807) is 0 Å². The van der Waals surface area contributed by atoms with Gasteiger partial charge in [-0.2, -0.15) is 13.2 Å². The average molecular weight is 223 g/mol. The van der Waals surface area contributed by atoms with Crippen molar-refractivity contribution in [2.24, 2.45) is 0 Å². The van der Waals surface area contributed by atoms with Crippen molar-refractivity contribution in [1.29, 1.82) is 0 Å². The molecule has 0 saturated heterocycles. The highest BCUT2D eigenvalue weighted by Crippen LogP contribution is 2.13. The molecular weight excluding hydrogens is 211 g/mol. The van der Waals surface area contributed by atoms with Crippen LogP contribution in [0.4, 0.5) is 13.2 Å². The second-order valence-electron chi connectivity index (χ2n) is 2.66. The highest BCUT2D eigenvalue weighted by atomic mass is 19.4. The number of alkyl halides is 3. The molecule has 1 aliphatic heterocycles. The molecule has 0 saturated carbocycles. The summed E-state index contributed by atoms with van der Waals surface area (Å²) in [5.41, 5.74) is 0. The maximum atomic E-state index is 10.6. The van der Waals surface area contributed by atoms with Gasteiger partial charge in [-0.25, -0.2) is 4.79 Å². The fraction of sp³-hybridized carbons (Fsp3) is 0.444. The third kappa shape index (κ3) is 6.59. The summed E-state index contributed by atoms with van der Waals surface area (Å²) in [7, 11) is 0. The topological polar surface area (TPSA) is 40.5 Å². The SMILES string of the molecule is CCN1C=CC=CC1.O=C(O)C(F)(F)F. The molecule has 86 valence electrons. The number of halogens is 3. The largest absolute Gasteiger partial charge is 0.490 e. The number of allylic oxidation sites excluding steroid dienone is 2. The van der Waals surface area contributed by atoms with E-state index in [4.69, 9.17) is 9.90 Å². The molecule has 15 heavy (non-hydrogen) atoms. The Hall–Kier alpha value is -1.46. The van der Waals surface area contributed by atoms with E-state index in [9.17, 15) is 13.2 Å². The smallest absolute Gasteiger partial charge is 0.475 e. The number of aliphatic carboxylic acids is 1. The first kappa shape index (κ1) is 13.5. The fourth-order valence-corrected chi connectivity index (χ4v) is 0.742. The van der Waals surface area contributed by atoms with E-state index in [2.05, 4.69) is 36.3 Å². The van der Waals surface area contributed by atoms with E-state index in [0.29, 0.717) is 0 Å². The van der Waals surface area contributed by atoms with E-state index in [0.717, 1.165) is 13.1 Å². The Bertz CT molecular complexity index is 259. The number of carbonyl (C=O) groups is 1. The van der Waals surface area contributed by atoms with Crippen LogP contribution in [0.15, 0.2) is 24.4 Å². The summed E-state index contributed by atoms with van der Waals surface area (Å²) in [5.74, 6) is -2.76. The minimum absolute atomic E-state index is 1.08. The first-order valence-electron chi connectivity index (χ1n) is 4.25. The zero-order chi connectivity index (χ0) is 11.9. The Morgan fingerprint density at radius 1 is 1.47 bits per heavy atom. The number of nitrogens with zero attached hydrogens (tertiary/aromatic N) is 1. The molecule has 0 fully saturated rings. The molecule has 0 spiro atoms. The lowest BCUT2D eigenvalue weighted by molar-refractivity contribution is -0.192. The summed E-state index contributed by atoms with van der Waals surface area (Å²) >= 11 is 0. The number of likely N-dealkylation sites (N-methyl/N-ethyl adjacent to an activating group) is 1. The monoisotopic (exact) mass is 223 g/mol. The van der Waals surface area contributed by atoms with Gasteiger partial charge >= 0.3 is 12.1 Å². The van der Waals surface area contributed by atoms with Gasteiger partial charge in [-0.1, -0.05) is 12.2 Å². The lowest BCUT2D eigenvalue weighted by atomic mass is 10.3. The average Bonchev–Trinajstić information content (AvgIpc) is 2.18. The van der Waals surface area contributed by atoms with Gasteiger partial charge in [0.15, 0.2) is 0 Å². The summed E-state index contributed by atoms with van der Waals surface area (Å²) in [4.78, 5) is 11.1. The van der Waals surface area contributed by atoms with Crippen molar-refractivity contribution in [3.8, 4) is 0 Å². The zero-order valence-corrected chi connectivity index (χ0v) is 8.16. The van der Waals surface area contributed by atoms with Crippen molar-refractivity contribution in [2.75, 3.05) is 13.1 Å². The highest BCUT2D eigenvalue weighted by molar-refractivity contribution is 5.73. The number of hydrogen-bond donors (Lipinski definition) is 1. The van der Waals surface area contributed by atoms with Crippen LogP contribution in [0.1, 0.15) is 6.92 Å². The lowest BCUT2D eigenvalue weighted by Crippen LogP contribution is -2.21. The molecule has 0 aromatic rings. The van der Waals surface area contributed by atoms with Crippen LogP contribution in [0.5, 0.6) is 0 Å². The highest BCUT2D eigenvalue weighted by Gasteiger charge is 2.38. The van der Waals surface area contributed by atoms with E-state index in [1.165, 1.54) is 0 Å². The van der Waals surface area contributed by atoms with Gasteiger partial charge in [-0.15, -0.1) is 0 Å². The van der Waals surface area contributed by atoms with Crippen molar-refractivity contribution < 1.29 is 23.1 Å². The van der Waals surface area contributed by atoms with E-state index >= 15 is 0 Å². The van der Waals surface area contributed by atoms with Crippen LogP contribution in [0.25, 0.3) is 0 Å². The second-order valence-corrected chi connectivity index (χ2v) is 2.66. The minimum atomic E-state index is -5.08. The van der Waals surface area contributed by atoms with Gasteiger partial charge in [0.25, 0.3) is 0 Å². The molecule has 0 aromatic carbocycles. The minimum Gasteiger partial charge on any atom is -0.475 e. The van der Waals surface area contributed by atoms with Crippen LogP contribution < -0.4 is 0 Å². The fourth-order valence-electron chi connectivity index (χ4n) is 0.742. The van der Waals surface area contributed by atoms with Crippen LogP contribution in [0, 0.1) is 0 Å². The molecule has 0 bridgehead atoms. The maximum Gasteiger partial charge on any atom is 0.490 e. The molecule has 1 N–H and O–H groups in total. The van der Waals surface area contributed by atoms with Crippen LogP contribution in [-0.2, 0) is 4.79 Å². The normalized spacial score (nSPS) is 14.5. The number of carboxylic acids is 1. The Morgan fingerprint density at radius 3 is 2.20 bits per heavy atom. The third-order valence-electron chi connectivity index (χ3n) is 1.53. The van der Waals surface area contributed by atoms with Gasteiger partial charge in [-0.3, -0.25) is 0 Å². The first-order valence-corrected chi connectivity index (χ1v) is 4.25. The van der Waals surface area contributed by atoms with Crippen LogP contribution >= 0.6 is 0 Å². The standard InChI is InChI=1S/C7H11N.C2HF3O2/c1-2-8-6-4-3-5-7-8;3-2(4,5)1(6)7/h3-6H,2,7H2,1H3;(H,6,7). The first-order chi connectivity index (χ1) is 6.88. The van der Waals surface area contributed by atoms with Gasteiger partial charge < -0.3 is 10.0 Å². The van der Waals surface area contributed by atoms with Crippen LogP contribution in [-0.4, -0.2) is 35.2 Å². The number of rotatable bonds is 1. The molecule has 1 heterocycles. The van der Waals surface area contributed by atoms with Gasteiger partial charge in [0, 0.05) is 13.1 Å². The molecule has 0 amide bonds. The molecular formula is C9H12F3NO2. The Balaban J connectivity index is 0.000000265. The van der Waals surface area contributed by atoms with Gasteiger partial charge in [0.05, 0.1) is 0 Å². The summed E-state index contributed by atoms with van der Waals surface area (Å²) in [6.45, 7) is 4.34. The molecule has 0 radical (unpaired) electrons. The molecule has 3 nitrogen and oxygen atoms in total. The van der Waals surface area contributed by atoms with Crippen molar-refractivity contribution >= 4 is 5.97 Å². The van der Waals surface area contributed by atoms with E-state index in [1.807, 2.05) is 0 Å². The van der Waals surface area contributed by atoms with Crippen molar-refractivity contribution in [3.63, 3.8) is 0 Å². The van der Waals surface area contributed by atoms with Crippen LogP contribution in [0.2, 0.25) is 0 Å². The molecule has 0 unspecified atom stereocenters. The number of hydrogen-bond acceptors (Lipinski definition) is 2. The summed E-state index contributed by atoms with van der Waals surface area (Å²) in [6, 6.07) is 0. The Morgan fingerprint density at radius 2 is 2.00 bits per heavy atom. The van der Waals surface area contributed by atoms with Crippen molar-refractivity contribution in [2.45, 2.75) is 13.1 Å². The van der Waals surface area contributed by atoms with Gasteiger partial charge in [-0.05, 0) is 19.2 Å². The molecule has 0 aromatic heterocycles. The molecule has 6 heteroatoms. The van der Waals surface area contributed by atoms with Crippen molar-refractivity contribution in [1.82, 2.24) is 4.90 Å². The lowest BCUT2D eigenvalue weighted by Gasteiger charge is -2.16. The number of carboxylic acid groups (broad SMARTS) is 1. The molecule has 1 aliphatic rings. The third-order valence-corrected chi connectivity index (χ3v) is 1.53. The summed E-state index contributed by atoms with van der Waals surface area (Å²) in [5, 5.41) is 7.12. The summed E-state index contributed by atoms with van der Waals surface area (Å²) < 4.78 is 31.7. The summed E-state index contributed by atoms with van der Waals surface area (Å²) in [6.07, 6.45) is 3.32. The van der Waals surface area contributed by atoms with Gasteiger partial charge in [0.2, 0.25) is 0 Å². The quantitative estimate of drug-likeness (QED) is 0.739. The van der Waals surface area contributed by atoms with E-state index < -0.39 is 12.1 Å². The predicted molar refractivity (Wildman–Crippen MR) is 49.2 cm³/mol. The second kappa shape index (κ2) is 6.10. The maximum absolute atomic E-state index is 10.6. The molecule has 1 rings (SSSR count). The molecule has 0 atom stereocenters. The Labute approximate surface area is 85.5 Å². The predicted octanol–water partition coefficient (Wildman–Crippen LogP) is 2.03. The Kier molecular flexibility index (Phi) is 5.51. The van der Waals surface area contributed by atoms with Gasteiger partial charge in [0.1, 0.15) is 0 Å². The zero-order valence-electron chi connectivity index (χ0n) is 8.16. The van der Waals surface area contributed by atoms with Crippen molar-refractivity contribution in [3.05, 3.63) is 24.4 Å². The van der Waals surface area contributed by atoms with Crippen LogP contribution in [0.3, 0.4) is 0 Å².